The average molecular weight is 520 g/mol. The summed E-state index contributed by atoms with van der Waals surface area (Å²) in [6.07, 6.45) is 4.18. The number of nitrogens with zero attached hydrogens (tertiary/aromatic N) is 2. The van der Waals surface area contributed by atoms with Gasteiger partial charge in [-0.2, -0.15) is 0 Å². The van der Waals surface area contributed by atoms with E-state index in [0.29, 0.717) is 13.2 Å². The zero-order chi connectivity index (χ0) is 19.8. The van der Waals surface area contributed by atoms with Gasteiger partial charge >= 0.3 is 0 Å². The first kappa shape index (κ1) is 24.4. The summed E-state index contributed by atoms with van der Waals surface area (Å²) in [5.74, 6) is 2.79. The second-order valence-electron chi connectivity index (χ2n) is 8.06. The Bertz CT molecular complexity index is 625. The smallest absolute Gasteiger partial charge is 0.191 e. The molecule has 2 unspecified atom stereocenters. The Labute approximate surface area is 191 Å². The van der Waals surface area contributed by atoms with Crippen LogP contribution in [0.1, 0.15) is 50.2 Å². The number of guanidine groups is 1. The second kappa shape index (κ2) is 12.1. The molecule has 8 heteroatoms. The van der Waals surface area contributed by atoms with Crippen molar-refractivity contribution >= 4 is 29.9 Å². The molecule has 0 aromatic carbocycles. The van der Waals surface area contributed by atoms with Crippen LogP contribution in [0.15, 0.2) is 21.5 Å². The molecule has 1 aromatic rings. The zero-order valence-electron chi connectivity index (χ0n) is 17.8. The molecule has 3 heterocycles. The van der Waals surface area contributed by atoms with Crippen molar-refractivity contribution in [3.8, 4) is 0 Å². The van der Waals surface area contributed by atoms with Gasteiger partial charge in [0.15, 0.2) is 5.96 Å². The molecular weight excluding hydrogens is 483 g/mol. The Morgan fingerprint density at radius 1 is 1.31 bits per heavy atom. The molecule has 0 amide bonds. The molecule has 2 saturated heterocycles. The van der Waals surface area contributed by atoms with Gasteiger partial charge in [-0.1, -0.05) is 0 Å². The van der Waals surface area contributed by atoms with Crippen LogP contribution in [0.5, 0.6) is 0 Å². The highest BCUT2D eigenvalue weighted by Crippen LogP contribution is 2.32. The van der Waals surface area contributed by atoms with Crippen molar-refractivity contribution < 1.29 is 14.3 Å². The number of aliphatic hydroxyl groups is 1. The average Bonchev–Trinajstić information content (AvgIpc) is 3.43. The molecule has 29 heavy (non-hydrogen) atoms. The Morgan fingerprint density at radius 3 is 2.69 bits per heavy atom. The number of aliphatic hydroxyl groups excluding tert-OH is 1. The number of hydrogen-bond donors (Lipinski definition) is 3. The number of likely N-dealkylation sites (tertiary alicyclic amines) is 1. The summed E-state index contributed by atoms with van der Waals surface area (Å²) in [5, 5.41) is 16.3. The van der Waals surface area contributed by atoms with E-state index < -0.39 is 0 Å². The highest BCUT2D eigenvalue weighted by Gasteiger charge is 2.34. The third-order valence-electron chi connectivity index (χ3n) is 5.88. The lowest BCUT2D eigenvalue weighted by molar-refractivity contribution is 0.131. The maximum Gasteiger partial charge on any atom is 0.191 e. The van der Waals surface area contributed by atoms with Gasteiger partial charge < -0.3 is 24.9 Å². The first-order chi connectivity index (χ1) is 13.7. The van der Waals surface area contributed by atoms with Gasteiger partial charge in [0.1, 0.15) is 11.5 Å². The minimum Gasteiger partial charge on any atom is -0.465 e. The Morgan fingerprint density at radius 2 is 2.10 bits per heavy atom. The molecule has 0 radical (unpaired) electrons. The number of aryl methyl sites for hydroxylation is 1. The van der Waals surface area contributed by atoms with E-state index in [1.54, 1.807) is 0 Å². The van der Waals surface area contributed by atoms with Crippen LogP contribution in [0.2, 0.25) is 0 Å². The minimum atomic E-state index is -0.0381. The summed E-state index contributed by atoms with van der Waals surface area (Å²) in [4.78, 5) is 7.33. The Hall–Kier alpha value is -0.840. The fraction of sp³-hybridized carbons (Fsp3) is 0.762. The van der Waals surface area contributed by atoms with Crippen LogP contribution in [0, 0.1) is 12.3 Å². The fourth-order valence-corrected chi connectivity index (χ4v) is 4.16. The first-order valence-corrected chi connectivity index (χ1v) is 10.7. The summed E-state index contributed by atoms with van der Waals surface area (Å²) in [6, 6.07) is 4.34. The highest BCUT2D eigenvalue weighted by atomic mass is 127. The topological polar surface area (TPSA) is 82.3 Å². The lowest BCUT2D eigenvalue weighted by atomic mass is 9.84. The molecule has 0 saturated carbocycles. The molecule has 2 aliphatic heterocycles. The van der Waals surface area contributed by atoms with Crippen LogP contribution in [0.25, 0.3) is 0 Å². The fourth-order valence-electron chi connectivity index (χ4n) is 4.16. The van der Waals surface area contributed by atoms with Crippen molar-refractivity contribution in [3.63, 3.8) is 0 Å². The lowest BCUT2D eigenvalue weighted by Crippen LogP contribution is -2.43. The molecule has 2 aliphatic rings. The molecule has 166 valence electrons. The van der Waals surface area contributed by atoms with Crippen molar-refractivity contribution in [2.45, 2.75) is 45.6 Å². The molecule has 0 aliphatic carbocycles. The van der Waals surface area contributed by atoms with Gasteiger partial charge in [-0.05, 0) is 64.8 Å². The molecule has 2 atom stereocenters. The number of hydrogen-bond acceptors (Lipinski definition) is 5. The van der Waals surface area contributed by atoms with E-state index in [9.17, 15) is 5.11 Å². The van der Waals surface area contributed by atoms with E-state index in [1.165, 1.54) is 12.8 Å². The largest absolute Gasteiger partial charge is 0.465 e. The van der Waals surface area contributed by atoms with Gasteiger partial charge in [0, 0.05) is 31.7 Å². The second-order valence-corrected chi connectivity index (χ2v) is 8.06. The molecule has 1 aromatic heterocycles. The van der Waals surface area contributed by atoms with E-state index in [4.69, 9.17) is 14.1 Å². The molecule has 3 N–H and O–H groups in total. The van der Waals surface area contributed by atoms with E-state index in [2.05, 4.69) is 28.5 Å². The summed E-state index contributed by atoms with van der Waals surface area (Å²) in [6.45, 7) is 10.1. The van der Waals surface area contributed by atoms with Crippen molar-refractivity contribution in [1.82, 2.24) is 15.5 Å². The van der Waals surface area contributed by atoms with Crippen LogP contribution < -0.4 is 10.6 Å². The van der Waals surface area contributed by atoms with Gasteiger partial charge in [-0.25, -0.2) is 0 Å². The van der Waals surface area contributed by atoms with Gasteiger partial charge in [0.05, 0.1) is 19.2 Å². The molecule has 7 nitrogen and oxygen atoms in total. The van der Waals surface area contributed by atoms with Gasteiger partial charge in [0.2, 0.25) is 0 Å². The van der Waals surface area contributed by atoms with Crippen molar-refractivity contribution in [2.75, 3.05) is 52.5 Å². The van der Waals surface area contributed by atoms with Crippen LogP contribution in [0.3, 0.4) is 0 Å². The van der Waals surface area contributed by atoms with Crippen LogP contribution in [-0.4, -0.2) is 68.5 Å². The maximum absolute atomic E-state index is 9.43. The quantitative estimate of drug-likeness (QED) is 0.264. The van der Waals surface area contributed by atoms with Crippen LogP contribution >= 0.6 is 24.0 Å². The Kier molecular flexibility index (Phi) is 10.2. The summed E-state index contributed by atoms with van der Waals surface area (Å²) < 4.78 is 11.5. The molecular formula is C21H37IN4O3. The third-order valence-corrected chi connectivity index (χ3v) is 5.88. The molecule has 3 rings (SSSR count). The number of furan rings is 1. The van der Waals surface area contributed by atoms with Gasteiger partial charge in [-0.3, -0.25) is 9.89 Å². The van der Waals surface area contributed by atoms with Crippen molar-refractivity contribution in [1.29, 1.82) is 0 Å². The third kappa shape index (κ3) is 6.83. The van der Waals surface area contributed by atoms with Crippen LogP contribution in [0.4, 0.5) is 0 Å². The van der Waals surface area contributed by atoms with E-state index in [1.807, 2.05) is 13.0 Å². The number of aliphatic imine (C=N–C) groups is 1. The number of rotatable bonds is 9. The normalized spacial score (nSPS) is 23.8. The Balaban J connectivity index is 0.00000300. The van der Waals surface area contributed by atoms with Crippen LogP contribution in [-0.2, 0) is 4.74 Å². The SMILES string of the molecule is CCNC(=NCC1(CCO)CCOC1)NCC(c1ccc(C)o1)N1CCCC1.I. The zero-order valence-corrected chi connectivity index (χ0v) is 20.1. The maximum atomic E-state index is 9.43. The first-order valence-electron chi connectivity index (χ1n) is 10.7. The van der Waals surface area contributed by atoms with Crippen molar-refractivity contribution in [2.24, 2.45) is 10.4 Å². The minimum absolute atomic E-state index is 0. The molecule has 0 spiro atoms. The summed E-state index contributed by atoms with van der Waals surface area (Å²) >= 11 is 0. The number of nitrogens with one attached hydrogen (secondary N) is 2. The van der Waals surface area contributed by atoms with E-state index in [0.717, 1.165) is 63.1 Å². The number of halogens is 1. The monoisotopic (exact) mass is 520 g/mol. The standard InChI is InChI=1S/C21H36N4O3.HI/c1-3-22-20(24-15-21(8-12-26)9-13-27-16-21)23-14-18(25-10-4-5-11-25)19-7-6-17(2)28-19;/h6-7,18,26H,3-5,8-16H2,1-2H3,(H2,22,23,24);1H. The van der Waals surface area contributed by atoms with E-state index >= 15 is 0 Å². The predicted octanol–water partition coefficient (Wildman–Crippen LogP) is 2.69. The summed E-state index contributed by atoms with van der Waals surface area (Å²) in [5.41, 5.74) is -0.0381. The van der Waals surface area contributed by atoms with Gasteiger partial charge in [0.25, 0.3) is 0 Å². The highest BCUT2D eigenvalue weighted by molar-refractivity contribution is 14.0. The van der Waals surface area contributed by atoms with Gasteiger partial charge in [-0.15, -0.1) is 24.0 Å². The molecule has 0 bridgehead atoms. The van der Waals surface area contributed by atoms with E-state index in [-0.39, 0.29) is 42.0 Å². The number of ether oxygens (including phenoxy) is 1. The van der Waals surface area contributed by atoms with Crippen molar-refractivity contribution in [3.05, 3.63) is 23.7 Å². The lowest BCUT2D eigenvalue weighted by Gasteiger charge is -2.28. The summed E-state index contributed by atoms with van der Waals surface area (Å²) in [7, 11) is 0. The molecule has 2 fully saturated rings. The predicted molar refractivity (Wildman–Crippen MR) is 126 cm³/mol.